The third-order valence-corrected chi connectivity index (χ3v) is 3.50. The summed E-state index contributed by atoms with van der Waals surface area (Å²) in [4.78, 5) is 10.8. The smallest absolute Gasteiger partial charge is 0.275 e. The fraction of sp³-hybridized carbons (Fsp3) is 0.250. The minimum atomic E-state index is -0.407. The van der Waals surface area contributed by atoms with Crippen molar-refractivity contribution in [2.45, 2.75) is 13.2 Å². The summed E-state index contributed by atoms with van der Waals surface area (Å²) >= 11 is 1.17. The zero-order valence-corrected chi connectivity index (χ0v) is 13.7. The standard InChI is InChI=1S/C16H17NO5S/c1-20-14-5-7-15(8-6-14)21-10-12-3-4-13(11-22-23-2)16(9-12)17(18)19/h3-9H,10-11H2,1-2H3. The molecule has 23 heavy (non-hydrogen) atoms. The number of rotatable bonds is 8. The Morgan fingerprint density at radius 2 is 1.78 bits per heavy atom. The van der Waals surface area contributed by atoms with Crippen LogP contribution in [0.4, 0.5) is 5.69 Å². The SMILES string of the molecule is COc1ccc(OCc2ccc(COSC)c([N+](=O)[O-])c2)cc1. The lowest BCUT2D eigenvalue weighted by Gasteiger charge is -2.08. The van der Waals surface area contributed by atoms with Gasteiger partial charge in [0.25, 0.3) is 5.69 Å². The predicted molar refractivity (Wildman–Crippen MR) is 88.7 cm³/mol. The van der Waals surface area contributed by atoms with Crippen LogP contribution < -0.4 is 9.47 Å². The first-order valence-electron chi connectivity index (χ1n) is 6.82. The van der Waals surface area contributed by atoms with Crippen molar-refractivity contribution in [2.75, 3.05) is 13.4 Å². The van der Waals surface area contributed by atoms with E-state index in [1.54, 1.807) is 49.8 Å². The number of hydrogen-bond acceptors (Lipinski definition) is 6. The lowest BCUT2D eigenvalue weighted by molar-refractivity contribution is -0.385. The number of nitrogens with zero attached hydrogens (tertiary/aromatic N) is 1. The van der Waals surface area contributed by atoms with Gasteiger partial charge >= 0.3 is 0 Å². The highest BCUT2D eigenvalue weighted by Gasteiger charge is 2.15. The molecule has 0 unspecified atom stereocenters. The highest BCUT2D eigenvalue weighted by molar-refractivity contribution is 7.93. The fourth-order valence-electron chi connectivity index (χ4n) is 1.95. The van der Waals surface area contributed by atoms with Gasteiger partial charge in [-0.15, -0.1) is 0 Å². The maximum Gasteiger partial charge on any atom is 0.275 e. The first-order chi connectivity index (χ1) is 11.1. The number of ether oxygens (including phenoxy) is 2. The van der Waals surface area contributed by atoms with Gasteiger partial charge in [-0.2, -0.15) is 0 Å². The largest absolute Gasteiger partial charge is 0.497 e. The molecule has 0 N–H and O–H groups in total. The van der Waals surface area contributed by atoms with E-state index in [-0.39, 0.29) is 18.9 Å². The summed E-state index contributed by atoms with van der Waals surface area (Å²) in [5.74, 6) is 1.41. The Balaban J connectivity index is 2.07. The van der Waals surface area contributed by atoms with E-state index < -0.39 is 4.92 Å². The summed E-state index contributed by atoms with van der Waals surface area (Å²) < 4.78 is 15.9. The summed E-state index contributed by atoms with van der Waals surface area (Å²) in [6.07, 6.45) is 1.77. The van der Waals surface area contributed by atoms with Crippen molar-refractivity contribution in [3.8, 4) is 11.5 Å². The van der Waals surface area contributed by atoms with Gasteiger partial charge in [0.1, 0.15) is 18.1 Å². The molecule has 2 aromatic carbocycles. The molecule has 0 aromatic heterocycles. The second kappa shape index (κ2) is 8.40. The number of benzene rings is 2. The Labute approximate surface area is 138 Å². The van der Waals surface area contributed by atoms with Gasteiger partial charge in [-0.05, 0) is 47.9 Å². The van der Waals surface area contributed by atoms with E-state index in [0.29, 0.717) is 11.3 Å². The Morgan fingerprint density at radius 1 is 1.09 bits per heavy atom. The van der Waals surface area contributed by atoms with E-state index in [1.807, 2.05) is 0 Å². The van der Waals surface area contributed by atoms with Crippen molar-refractivity contribution in [2.24, 2.45) is 0 Å². The minimum absolute atomic E-state index is 0.0369. The van der Waals surface area contributed by atoms with Crippen molar-refractivity contribution >= 4 is 17.7 Å². The predicted octanol–water partition coefficient (Wildman–Crippen LogP) is 3.98. The second-order valence-corrected chi connectivity index (χ2v) is 5.18. The van der Waals surface area contributed by atoms with Crippen LogP contribution in [-0.2, 0) is 17.4 Å². The molecule has 2 rings (SSSR count). The normalized spacial score (nSPS) is 10.3. The Kier molecular flexibility index (Phi) is 6.25. The van der Waals surface area contributed by atoms with E-state index in [0.717, 1.165) is 11.3 Å². The summed E-state index contributed by atoms with van der Waals surface area (Å²) in [7, 11) is 1.59. The highest BCUT2D eigenvalue weighted by atomic mass is 32.2. The topological polar surface area (TPSA) is 70.8 Å². The van der Waals surface area contributed by atoms with Gasteiger partial charge in [-0.25, -0.2) is 0 Å². The molecule has 0 radical (unpaired) electrons. The van der Waals surface area contributed by atoms with Crippen molar-refractivity contribution < 1.29 is 18.6 Å². The fourth-order valence-corrected chi connectivity index (χ4v) is 2.20. The second-order valence-electron chi connectivity index (χ2n) is 4.61. The van der Waals surface area contributed by atoms with Crippen LogP contribution in [0.1, 0.15) is 11.1 Å². The molecule has 0 bridgehead atoms. The van der Waals surface area contributed by atoms with Crippen molar-refractivity contribution in [3.05, 3.63) is 63.7 Å². The van der Waals surface area contributed by atoms with Crippen LogP contribution in [0, 0.1) is 10.1 Å². The summed E-state index contributed by atoms with van der Waals surface area (Å²) in [6, 6.07) is 12.2. The van der Waals surface area contributed by atoms with Crippen LogP contribution in [0.3, 0.4) is 0 Å². The number of nitro benzene ring substituents is 1. The Bertz CT molecular complexity index is 660. The Morgan fingerprint density at radius 3 is 2.39 bits per heavy atom. The molecule has 0 spiro atoms. The number of methoxy groups -OCH3 is 1. The van der Waals surface area contributed by atoms with Gasteiger partial charge < -0.3 is 13.7 Å². The van der Waals surface area contributed by atoms with Gasteiger partial charge in [0.05, 0.1) is 24.2 Å². The van der Waals surface area contributed by atoms with E-state index >= 15 is 0 Å². The van der Waals surface area contributed by atoms with Crippen LogP contribution in [0.25, 0.3) is 0 Å². The molecule has 6 nitrogen and oxygen atoms in total. The monoisotopic (exact) mass is 335 g/mol. The van der Waals surface area contributed by atoms with Gasteiger partial charge in [-0.3, -0.25) is 10.1 Å². The van der Waals surface area contributed by atoms with E-state index in [9.17, 15) is 10.1 Å². The van der Waals surface area contributed by atoms with Crippen LogP contribution in [0.2, 0.25) is 0 Å². The molecular weight excluding hydrogens is 318 g/mol. The molecule has 0 aliphatic rings. The van der Waals surface area contributed by atoms with Crippen LogP contribution >= 0.6 is 12.0 Å². The van der Waals surface area contributed by atoms with Crippen molar-refractivity contribution in [3.63, 3.8) is 0 Å². The third-order valence-electron chi connectivity index (χ3n) is 3.14. The van der Waals surface area contributed by atoms with Gasteiger partial charge in [0.2, 0.25) is 0 Å². The lowest BCUT2D eigenvalue weighted by Crippen LogP contribution is -2.00. The van der Waals surface area contributed by atoms with Crippen LogP contribution in [-0.4, -0.2) is 18.3 Å². The highest BCUT2D eigenvalue weighted by Crippen LogP contribution is 2.24. The molecular formula is C16H17NO5S. The average molecular weight is 335 g/mol. The number of nitro groups is 1. The average Bonchev–Trinajstić information content (AvgIpc) is 2.58. The number of hydrogen-bond donors (Lipinski definition) is 0. The molecule has 7 heteroatoms. The van der Waals surface area contributed by atoms with Gasteiger partial charge in [0.15, 0.2) is 0 Å². The molecule has 0 aliphatic carbocycles. The van der Waals surface area contributed by atoms with E-state index in [2.05, 4.69) is 0 Å². The third kappa shape index (κ3) is 4.87. The first-order valence-corrected chi connectivity index (χ1v) is 7.97. The summed E-state index contributed by atoms with van der Waals surface area (Å²) in [5.41, 5.74) is 1.30. The quantitative estimate of drug-likeness (QED) is 0.413. The summed E-state index contributed by atoms with van der Waals surface area (Å²) in [5, 5.41) is 11.2. The molecule has 0 amide bonds. The summed E-state index contributed by atoms with van der Waals surface area (Å²) in [6.45, 7) is 0.438. The Hall–Kier alpha value is -2.25. The lowest BCUT2D eigenvalue weighted by atomic mass is 10.1. The maximum absolute atomic E-state index is 11.2. The van der Waals surface area contributed by atoms with Crippen LogP contribution in [0.15, 0.2) is 42.5 Å². The molecule has 0 fully saturated rings. The first kappa shape index (κ1) is 17.1. The van der Waals surface area contributed by atoms with Gasteiger partial charge in [-0.1, -0.05) is 6.07 Å². The minimum Gasteiger partial charge on any atom is -0.497 e. The zero-order chi connectivity index (χ0) is 16.7. The zero-order valence-electron chi connectivity index (χ0n) is 12.9. The molecule has 0 aliphatic heterocycles. The van der Waals surface area contributed by atoms with E-state index in [1.165, 1.54) is 18.1 Å². The molecule has 0 saturated heterocycles. The molecule has 122 valence electrons. The molecule has 0 saturated carbocycles. The van der Waals surface area contributed by atoms with Gasteiger partial charge in [0, 0.05) is 12.3 Å². The molecule has 0 heterocycles. The molecule has 2 aromatic rings. The van der Waals surface area contributed by atoms with Crippen molar-refractivity contribution in [1.29, 1.82) is 0 Å². The van der Waals surface area contributed by atoms with Crippen molar-refractivity contribution in [1.82, 2.24) is 0 Å². The maximum atomic E-state index is 11.2. The van der Waals surface area contributed by atoms with Crippen LogP contribution in [0.5, 0.6) is 11.5 Å². The molecule has 0 atom stereocenters. The van der Waals surface area contributed by atoms with E-state index in [4.69, 9.17) is 13.7 Å².